The van der Waals surface area contributed by atoms with Gasteiger partial charge in [0.1, 0.15) is 19.0 Å². The van der Waals surface area contributed by atoms with Crippen LogP contribution in [0.1, 0.15) is 5.56 Å². The first kappa shape index (κ1) is 15.4. The predicted molar refractivity (Wildman–Crippen MR) is 85.8 cm³/mol. The number of hydrogen-bond acceptors (Lipinski definition) is 3. The van der Waals surface area contributed by atoms with E-state index in [1.54, 1.807) is 0 Å². The van der Waals surface area contributed by atoms with Crippen LogP contribution < -0.4 is 10.1 Å². The van der Waals surface area contributed by atoms with Gasteiger partial charge in [0.15, 0.2) is 0 Å². The van der Waals surface area contributed by atoms with E-state index < -0.39 is 6.09 Å². The van der Waals surface area contributed by atoms with Gasteiger partial charge in [-0.2, -0.15) is 0 Å². The molecule has 2 aromatic carbocycles. The quantitative estimate of drug-likeness (QED) is 0.814. The average Bonchev–Trinajstić information content (AvgIpc) is 2.45. The summed E-state index contributed by atoms with van der Waals surface area (Å²) >= 11 is 3.38. The van der Waals surface area contributed by atoms with Gasteiger partial charge in [0.2, 0.25) is 0 Å². The van der Waals surface area contributed by atoms with Crippen molar-refractivity contribution in [2.45, 2.75) is 6.92 Å². The van der Waals surface area contributed by atoms with Crippen LogP contribution in [-0.2, 0) is 4.74 Å². The highest BCUT2D eigenvalue weighted by Crippen LogP contribution is 2.23. The standard InChI is InChI=1S/C16H16BrNO3/c1-12-5-4-6-13(11-12)18-16(19)21-10-9-20-15-8-3-2-7-14(15)17/h2-8,11H,9-10H2,1H3,(H,18,19). The van der Waals surface area contributed by atoms with Crippen LogP contribution in [0.4, 0.5) is 10.5 Å². The number of ether oxygens (including phenoxy) is 2. The lowest BCUT2D eigenvalue weighted by atomic mass is 10.2. The van der Waals surface area contributed by atoms with Crippen molar-refractivity contribution in [3.05, 3.63) is 58.6 Å². The Labute approximate surface area is 132 Å². The first-order valence-electron chi connectivity index (χ1n) is 6.53. The number of para-hydroxylation sites is 1. The van der Waals surface area contributed by atoms with Gasteiger partial charge in [0, 0.05) is 5.69 Å². The van der Waals surface area contributed by atoms with Gasteiger partial charge in [-0.3, -0.25) is 5.32 Å². The van der Waals surface area contributed by atoms with Crippen LogP contribution in [0.3, 0.4) is 0 Å². The van der Waals surface area contributed by atoms with E-state index in [4.69, 9.17) is 9.47 Å². The molecule has 5 heteroatoms. The molecule has 0 aliphatic heterocycles. The summed E-state index contributed by atoms with van der Waals surface area (Å²) < 4.78 is 11.4. The molecule has 1 N–H and O–H groups in total. The normalized spacial score (nSPS) is 10.0. The summed E-state index contributed by atoms with van der Waals surface area (Å²) in [6.07, 6.45) is -0.490. The number of rotatable bonds is 5. The number of hydrogen-bond donors (Lipinski definition) is 1. The molecule has 0 atom stereocenters. The van der Waals surface area contributed by atoms with Crippen molar-refractivity contribution in [3.8, 4) is 5.75 Å². The molecule has 0 fully saturated rings. The Balaban J connectivity index is 1.71. The summed E-state index contributed by atoms with van der Waals surface area (Å²) in [5.41, 5.74) is 1.79. The molecular weight excluding hydrogens is 334 g/mol. The third-order valence-electron chi connectivity index (χ3n) is 2.68. The van der Waals surface area contributed by atoms with Crippen molar-refractivity contribution in [1.29, 1.82) is 0 Å². The van der Waals surface area contributed by atoms with Crippen molar-refractivity contribution < 1.29 is 14.3 Å². The maximum absolute atomic E-state index is 11.6. The summed E-state index contributed by atoms with van der Waals surface area (Å²) in [6, 6.07) is 15.0. The Bertz CT molecular complexity index is 616. The first-order valence-corrected chi connectivity index (χ1v) is 7.32. The number of carbonyl (C=O) groups is 1. The highest BCUT2D eigenvalue weighted by molar-refractivity contribution is 9.10. The van der Waals surface area contributed by atoms with Gasteiger partial charge in [0.05, 0.1) is 4.47 Å². The maximum Gasteiger partial charge on any atom is 0.411 e. The van der Waals surface area contributed by atoms with E-state index in [0.29, 0.717) is 12.3 Å². The van der Waals surface area contributed by atoms with Crippen LogP contribution in [0, 0.1) is 6.92 Å². The lowest BCUT2D eigenvalue weighted by Crippen LogP contribution is -2.17. The molecule has 0 heterocycles. The van der Waals surface area contributed by atoms with Gasteiger partial charge >= 0.3 is 6.09 Å². The fourth-order valence-corrected chi connectivity index (χ4v) is 2.12. The van der Waals surface area contributed by atoms with Crippen LogP contribution >= 0.6 is 15.9 Å². The molecule has 2 aromatic rings. The van der Waals surface area contributed by atoms with Crippen LogP contribution in [-0.4, -0.2) is 19.3 Å². The molecule has 2 rings (SSSR count). The Morgan fingerprint density at radius 3 is 2.71 bits per heavy atom. The Morgan fingerprint density at radius 1 is 1.14 bits per heavy atom. The number of amides is 1. The molecule has 0 saturated heterocycles. The zero-order valence-corrected chi connectivity index (χ0v) is 13.2. The summed E-state index contributed by atoms with van der Waals surface area (Å²) in [6.45, 7) is 2.44. The van der Waals surface area contributed by atoms with E-state index in [1.165, 1.54) is 0 Å². The second-order valence-electron chi connectivity index (χ2n) is 4.41. The van der Waals surface area contributed by atoms with E-state index in [9.17, 15) is 4.79 Å². The van der Waals surface area contributed by atoms with Crippen molar-refractivity contribution >= 4 is 27.7 Å². The van der Waals surface area contributed by atoms with Gasteiger partial charge in [-0.25, -0.2) is 4.79 Å². The smallest absolute Gasteiger partial charge is 0.411 e. The lowest BCUT2D eigenvalue weighted by Gasteiger charge is -2.09. The molecule has 21 heavy (non-hydrogen) atoms. The maximum atomic E-state index is 11.6. The molecule has 0 unspecified atom stereocenters. The number of halogens is 1. The SMILES string of the molecule is Cc1cccc(NC(=O)OCCOc2ccccc2Br)c1. The molecule has 1 amide bonds. The number of anilines is 1. The molecular formula is C16H16BrNO3. The van der Waals surface area contributed by atoms with Crippen LogP contribution in [0.25, 0.3) is 0 Å². The third-order valence-corrected chi connectivity index (χ3v) is 3.33. The van der Waals surface area contributed by atoms with E-state index in [1.807, 2.05) is 55.5 Å². The fraction of sp³-hybridized carbons (Fsp3) is 0.188. The van der Waals surface area contributed by atoms with Gasteiger partial charge in [-0.1, -0.05) is 24.3 Å². The summed E-state index contributed by atoms with van der Waals surface area (Å²) in [5.74, 6) is 0.722. The number of benzene rings is 2. The van der Waals surface area contributed by atoms with E-state index in [2.05, 4.69) is 21.2 Å². The highest BCUT2D eigenvalue weighted by Gasteiger charge is 2.04. The monoisotopic (exact) mass is 349 g/mol. The van der Waals surface area contributed by atoms with Crippen molar-refractivity contribution in [2.24, 2.45) is 0 Å². The molecule has 0 aliphatic carbocycles. The Hall–Kier alpha value is -2.01. The minimum absolute atomic E-state index is 0.180. The number of nitrogens with one attached hydrogen (secondary N) is 1. The zero-order valence-electron chi connectivity index (χ0n) is 11.6. The molecule has 0 bridgehead atoms. The lowest BCUT2D eigenvalue weighted by molar-refractivity contribution is 0.137. The van der Waals surface area contributed by atoms with Gasteiger partial charge < -0.3 is 9.47 Å². The fourth-order valence-electron chi connectivity index (χ4n) is 1.72. The predicted octanol–water partition coefficient (Wildman–Crippen LogP) is 4.39. The molecule has 0 spiro atoms. The summed E-state index contributed by atoms with van der Waals surface area (Å²) in [5, 5.41) is 2.67. The molecule has 0 radical (unpaired) electrons. The Kier molecular flexibility index (Phi) is 5.63. The second-order valence-corrected chi connectivity index (χ2v) is 5.26. The van der Waals surface area contributed by atoms with Crippen molar-refractivity contribution in [2.75, 3.05) is 18.5 Å². The zero-order chi connectivity index (χ0) is 15.1. The number of carbonyl (C=O) groups excluding carboxylic acids is 1. The minimum atomic E-state index is -0.490. The van der Waals surface area contributed by atoms with E-state index >= 15 is 0 Å². The number of aryl methyl sites for hydroxylation is 1. The van der Waals surface area contributed by atoms with E-state index in [0.717, 1.165) is 15.8 Å². The van der Waals surface area contributed by atoms with E-state index in [-0.39, 0.29) is 6.61 Å². The average molecular weight is 350 g/mol. The Morgan fingerprint density at radius 2 is 1.95 bits per heavy atom. The first-order chi connectivity index (χ1) is 10.1. The van der Waals surface area contributed by atoms with Crippen LogP contribution in [0.15, 0.2) is 53.0 Å². The van der Waals surface area contributed by atoms with Gasteiger partial charge in [-0.05, 0) is 52.7 Å². The van der Waals surface area contributed by atoms with Crippen molar-refractivity contribution in [3.63, 3.8) is 0 Å². The largest absolute Gasteiger partial charge is 0.489 e. The van der Waals surface area contributed by atoms with Gasteiger partial charge in [0.25, 0.3) is 0 Å². The summed E-state index contributed by atoms with van der Waals surface area (Å²) in [7, 11) is 0. The molecule has 4 nitrogen and oxygen atoms in total. The van der Waals surface area contributed by atoms with Gasteiger partial charge in [-0.15, -0.1) is 0 Å². The molecule has 110 valence electrons. The van der Waals surface area contributed by atoms with Crippen LogP contribution in [0.2, 0.25) is 0 Å². The molecule has 0 saturated carbocycles. The molecule has 0 aliphatic rings. The van der Waals surface area contributed by atoms with Crippen molar-refractivity contribution in [1.82, 2.24) is 0 Å². The summed E-state index contributed by atoms with van der Waals surface area (Å²) in [4.78, 5) is 11.6. The highest BCUT2D eigenvalue weighted by atomic mass is 79.9. The minimum Gasteiger partial charge on any atom is -0.489 e. The second kappa shape index (κ2) is 7.69. The third kappa shape index (κ3) is 5.11. The van der Waals surface area contributed by atoms with Crippen LogP contribution in [0.5, 0.6) is 5.75 Å². The molecule has 0 aromatic heterocycles. The topological polar surface area (TPSA) is 47.6 Å².